The number of ether oxygens (including phenoxy) is 1. The first-order chi connectivity index (χ1) is 17.5. The molecule has 3 heterocycles. The van der Waals surface area contributed by atoms with Gasteiger partial charge in [-0.15, -0.1) is 0 Å². The molecule has 0 aliphatic carbocycles. The first kappa shape index (κ1) is 26.6. The van der Waals surface area contributed by atoms with Crippen LogP contribution in [0.5, 0.6) is 5.88 Å². The minimum absolute atomic E-state index is 0.0277. The molecule has 0 spiro atoms. The molecule has 1 saturated heterocycles. The fraction of sp³-hybridized carbons (Fsp3) is 0.520. The standard InChI is InChI=1S/C25H30F3N5O4/c1-4-33-21(36-15(2)3)14-19(30-33)23-29-22(31-37-23)17-7-5-16(6-8-17)13-20(25(26,27)28)32-11-9-18(10-12-32)24(34)35/h5-8,14-15,18,20H,4,9-13H2,1-3H3,(H,34,35). The van der Waals surface area contributed by atoms with Crippen LogP contribution in [0.1, 0.15) is 39.2 Å². The number of halogens is 3. The maximum Gasteiger partial charge on any atom is 0.404 e. The predicted octanol–water partition coefficient (Wildman–Crippen LogP) is 4.68. The van der Waals surface area contributed by atoms with E-state index in [2.05, 4.69) is 15.2 Å². The van der Waals surface area contributed by atoms with Crippen molar-refractivity contribution in [2.24, 2.45) is 5.92 Å². The minimum Gasteiger partial charge on any atom is -0.481 e. The number of likely N-dealkylation sites (tertiary alicyclic amines) is 1. The largest absolute Gasteiger partial charge is 0.481 e. The number of benzene rings is 1. The smallest absolute Gasteiger partial charge is 0.404 e. The van der Waals surface area contributed by atoms with E-state index in [1.807, 2.05) is 20.8 Å². The van der Waals surface area contributed by atoms with Gasteiger partial charge in [0.25, 0.3) is 5.89 Å². The van der Waals surface area contributed by atoms with Crippen molar-refractivity contribution in [1.82, 2.24) is 24.8 Å². The van der Waals surface area contributed by atoms with Crippen molar-refractivity contribution in [1.29, 1.82) is 0 Å². The van der Waals surface area contributed by atoms with Crippen LogP contribution in [0, 0.1) is 5.92 Å². The Hall–Kier alpha value is -3.41. The van der Waals surface area contributed by atoms with Crippen LogP contribution in [0.25, 0.3) is 23.0 Å². The van der Waals surface area contributed by atoms with E-state index in [9.17, 15) is 18.0 Å². The van der Waals surface area contributed by atoms with Gasteiger partial charge in [0.15, 0.2) is 5.69 Å². The van der Waals surface area contributed by atoms with Crippen LogP contribution in [0.3, 0.4) is 0 Å². The molecule has 1 fully saturated rings. The van der Waals surface area contributed by atoms with Crippen LogP contribution >= 0.6 is 0 Å². The first-order valence-electron chi connectivity index (χ1n) is 12.3. The second kappa shape index (κ2) is 10.9. The van der Waals surface area contributed by atoms with E-state index >= 15 is 0 Å². The van der Waals surface area contributed by atoms with E-state index in [4.69, 9.17) is 14.4 Å². The summed E-state index contributed by atoms with van der Waals surface area (Å²) in [6, 6.07) is 6.60. The molecule has 1 N–H and O–H groups in total. The maximum absolute atomic E-state index is 13.9. The molecular formula is C25H30F3N5O4. The molecule has 0 bridgehead atoms. The molecule has 2 aromatic heterocycles. The monoisotopic (exact) mass is 521 g/mol. The molecule has 1 unspecified atom stereocenters. The Morgan fingerprint density at radius 3 is 2.46 bits per heavy atom. The number of carboxylic acid groups (broad SMARTS) is 1. The molecule has 0 amide bonds. The lowest BCUT2D eigenvalue weighted by atomic mass is 9.94. The number of carboxylic acids is 1. The molecule has 0 radical (unpaired) electrons. The van der Waals surface area contributed by atoms with Crippen molar-refractivity contribution >= 4 is 5.97 Å². The Morgan fingerprint density at radius 2 is 1.89 bits per heavy atom. The Morgan fingerprint density at radius 1 is 1.22 bits per heavy atom. The molecular weight excluding hydrogens is 491 g/mol. The van der Waals surface area contributed by atoms with E-state index < -0.39 is 24.1 Å². The summed E-state index contributed by atoms with van der Waals surface area (Å²) in [6.07, 6.45) is -4.27. The van der Waals surface area contributed by atoms with Gasteiger partial charge in [-0.05, 0) is 58.7 Å². The van der Waals surface area contributed by atoms with Gasteiger partial charge < -0.3 is 14.4 Å². The van der Waals surface area contributed by atoms with Crippen LogP contribution in [0.15, 0.2) is 34.9 Å². The SMILES string of the molecule is CCn1nc(-c2nc(-c3ccc(CC(N4CCC(C(=O)O)CC4)C(F)(F)F)cc3)no2)cc1OC(C)C. The number of nitrogens with zero attached hydrogens (tertiary/aromatic N) is 5. The summed E-state index contributed by atoms with van der Waals surface area (Å²) in [7, 11) is 0. The van der Waals surface area contributed by atoms with E-state index in [0.29, 0.717) is 35.1 Å². The molecule has 0 saturated carbocycles. The average molecular weight is 522 g/mol. The lowest BCUT2D eigenvalue weighted by Crippen LogP contribution is -2.50. The van der Waals surface area contributed by atoms with Gasteiger partial charge in [-0.1, -0.05) is 29.4 Å². The van der Waals surface area contributed by atoms with Gasteiger partial charge in [0.2, 0.25) is 11.7 Å². The zero-order chi connectivity index (χ0) is 26.7. The molecule has 200 valence electrons. The fourth-order valence-corrected chi connectivity index (χ4v) is 4.43. The molecule has 1 aliphatic rings. The van der Waals surface area contributed by atoms with Crippen LogP contribution in [-0.4, -0.2) is 67.3 Å². The number of hydrogen-bond donors (Lipinski definition) is 1. The van der Waals surface area contributed by atoms with Crippen molar-refractivity contribution in [3.05, 3.63) is 35.9 Å². The first-order valence-corrected chi connectivity index (χ1v) is 12.3. The van der Waals surface area contributed by atoms with Gasteiger partial charge in [-0.3, -0.25) is 9.69 Å². The summed E-state index contributed by atoms with van der Waals surface area (Å²) in [4.78, 5) is 16.9. The Kier molecular flexibility index (Phi) is 7.86. The Labute approximate surface area is 212 Å². The van der Waals surface area contributed by atoms with Gasteiger partial charge in [0.05, 0.1) is 12.0 Å². The molecule has 3 aromatic rings. The molecule has 9 nitrogen and oxygen atoms in total. The van der Waals surface area contributed by atoms with Gasteiger partial charge >= 0.3 is 12.1 Å². The van der Waals surface area contributed by atoms with Gasteiger partial charge in [0, 0.05) is 18.2 Å². The number of piperidine rings is 1. The number of aryl methyl sites for hydroxylation is 1. The number of rotatable bonds is 9. The zero-order valence-corrected chi connectivity index (χ0v) is 20.9. The van der Waals surface area contributed by atoms with Crippen molar-refractivity contribution in [2.75, 3.05) is 13.1 Å². The highest BCUT2D eigenvalue weighted by molar-refractivity contribution is 5.70. The lowest BCUT2D eigenvalue weighted by molar-refractivity contribution is -0.187. The summed E-state index contributed by atoms with van der Waals surface area (Å²) < 4.78 is 54.4. The highest BCUT2D eigenvalue weighted by atomic mass is 19.4. The van der Waals surface area contributed by atoms with Crippen molar-refractivity contribution < 1.29 is 32.3 Å². The van der Waals surface area contributed by atoms with Gasteiger partial charge in [0.1, 0.15) is 6.04 Å². The molecule has 1 aliphatic heterocycles. The normalized spacial score (nSPS) is 16.3. The summed E-state index contributed by atoms with van der Waals surface area (Å²) in [6.45, 7) is 6.57. The zero-order valence-electron chi connectivity index (χ0n) is 20.9. The van der Waals surface area contributed by atoms with Crippen LogP contribution in [0.2, 0.25) is 0 Å². The van der Waals surface area contributed by atoms with E-state index in [0.717, 1.165) is 0 Å². The summed E-state index contributed by atoms with van der Waals surface area (Å²) >= 11 is 0. The Balaban J connectivity index is 1.46. The maximum atomic E-state index is 13.9. The molecule has 4 rings (SSSR count). The van der Waals surface area contributed by atoms with E-state index in [-0.39, 0.29) is 44.3 Å². The number of aromatic nitrogens is 4. The minimum atomic E-state index is -4.43. The molecule has 1 aromatic carbocycles. The van der Waals surface area contributed by atoms with Gasteiger partial charge in [-0.2, -0.15) is 23.3 Å². The predicted molar refractivity (Wildman–Crippen MR) is 128 cm³/mol. The van der Waals surface area contributed by atoms with Crippen LogP contribution in [-0.2, 0) is 17.8 Å². The number of aliphatic carboxylic acids is 1. The van der Waals surface area contributed by atoms with Crippen LogP contribution in [0.4, 0.5) is 13.2 Å². The lowest BCUT2D eigenvalue weighted by Gasteiger charge is -2.37. The van der Waals surface area contributed by atoms with Crippen molar-refractivity contribution in [3.8, 4) is 28.9 Å². The molecule has 1 atom stereocenters. The number of alkyl halides is 3. The van der Waals surface area contributed by atoms with Crippen molar-refractivity contribution in [2.45, 2.75) is 64.9 Å². The van der Waals surface area contributed by atoms with E-state index in [1.165, 1.54) is 4.90 Å². The quantitative estimate of drug-likeness (QED) is 0.433. The van der Waals surface area contributed by atoms with Crippen molar-refractivity contribution in [3.63, 3.8) is 0 Å². The molecule has 12 heteroatoms. The summed E-state index contributed by atoms with van der Waals surface area (Å²) in [5, 5.41) is 17.6. The molecule has 37 heavy (non-hydrogen) atoms. The fourth-order valence-electron chi connectivity index (χ4n) is 4.43. The number of carbonyl (C=O) groups is 1. The average Bonchev–Trinajstić information content (AvgIpc) is 3.49. The third kappa shape index (κ3) is 6.30. The summed E-state index contributed by atoms with van der Waals surface area (Å²) in [5.41, 5.74) is 1.57. The third-order valence-corrected chi connectivity index (χ3v) is 6.38. The number of hydrogen-bond acceptors (Lipinski definition) is 7. The topological polar surface area (TPSA) is 107 Å². The van der Waals surface area contributed by atoms with E-state index in [1.54, 1.807) is 35.0 Å². The third-order valence-electron chi connectivity index (χ3n) is 6.38. The Bertz CT molecular complexity index is 1200. The van der Waals surface area contributed by atoms with Gasteiger partial charge in [-0.25, -0.2) is 4.68 Å². The van der Waals surface area contributed by atoms with Crippen LogP contribution < -0.4 is 4.74 Å². The summed E-state index contributed by atoms with van der Waals surface area (Å²) in [5.74, 6) is -0.451. The second-order valence-corrected chi connectivity index (χ2v) is 9.38. The second-order valence-electron chi connectivity index (χ2n) is 9.38. The highest BCUT2D eigenvalue weighted by Crippen LogP contribution is 2.32. The highest BCUT2D eigenvalue weighted by Gasteiger charge is 2.44.